The molecule has 1 fully saturated rings. The van der Waals surface area contributed by atoms with Gasteiger partial charge in [-0.3, -0.25) is 15.0 Å². The van der Waals surface area contributed by atoms with Gasteiger partial charge in [-0.15, -0.1) is 0 Å². The Morgan fingerprint density at radius 1 is 1.38 bits per heavy atom. The van der Waals surface area contributed by atoms with E-state index in [1.165, 1.54) is 0 Å². The van der Waals surface area contributed by atoms with Gasteiger partial charge in [-0.2, -0.15) is 0 Å². The van der Waals surface area contributed by atoms with Gasteiger partial charge in [-0.25, -0.2) is 4.79 Å². The van der Waals surface area contributed by atoms with Gasteiger partial charge >= 0.3 is 6.03 Å². The molecule has 0 spiro atoms. The highest BCUT2D eigenvalue weighted by Gasteiger charge is 2.25. The van der Waals surface area contributed by atoms with Crippen LogP contribution in [0.1, 0.15) is 12.0 Å². The zero-order chi connectivity index (χ0) is 11.7. The van der Waals surface area contributed by atoms with Crippen molar-refractivity contribution in [2.24, 2.45) is 0 Å². The fourth-order valence-corrected chi connectivity index (χ4v) is 2.04. The van der Waals surface area contributed by atoms with Crippen molar-refractivity contribution in [3.05, 3.63) is 28.2 Å². The van der Waals surface area contributed by atoms with Crippen LogP contribution in [-0.4, -0.2) is 18.5 Å². The van der Waals surface area contributed by atoms with E-state index in [4.69, 9.17) is 0 Å². The monoisotopic (exact) mass is 282 g/mol. The van der Waals surface area contributed by atoms with E-state index < -0.39 is 0 Å². The Bertz CT molecular complexity index is 459. The van der Waals surface area contributed by atoms with Gasteiger partial charge in [-0.05, 0) is 24.6 Å². The minimum Gasteiger partial charge on any atom is -0.293 e. The number of rotatable bonds is 1. The highest BCUT2D eigenvalue weighted by Crippen LogP contribution is 2.27. The van der Waals surface area contributed by atoms with Gasteiger partial charge in [0.15, 0.2) is 0 Å². The quantitative estimate of drug-likeness (QED) is 0.859. The van der Waals surface area contributed by atoms with E-state index >= 15 is 0 Å². The van der Waals surface area contributed by atoms with Gasteiger partial charge in [-0.1, -0.05) is 22.0 Å². The molecule has 5 heteroatoms. The second kappa shape index (κ2) is 4.25. The average molecular weight is 283 g/mol. The molecule has 2 rings (SSSR count). The largest absolute Gasteiger partial charge is 0.328 e. The third-order valence-electron chi connectivity index (χ3n) is 2.58. The summed E-state index contributed by atoms with van der Waals surface area (Å²) in [7, 11) is 0. The van der Waals surface area contributed by atoms with E-state index in [0.717, 1.165) is 15.7 Å². The first-order chi connectivity index (χ1) is 7.59. The summed E-state index contributed by atoms with van der Waals surface area (Å²) >= 11 is 3.42. The number of urea groups is 1. The first-order valence-electron chi connectivity index (χ1n) is 4.96. The lowest BCUT2D eigenvalue weighted by molar-refractivity contribution is -0.120. The number of benzene rings is 1. The van der Waals surface area contributed by atoms with Gasteiger partial charge in [0.2, 0.25) is 5.91 Å². The Balaban J connectivity index is 2.34. The summed E-state index contributed by atoms with van der Waals surface area (Å²) in [6.07, 6.45) is 0.345. The normalized spacial score (nSPS) is 16.2. The maximum atomic E-state index is 11.6. The smallest absolute Gasteiger partial charge is 0.293 e. The van der Waals surface area contributed by atoms with Crippen LogP contribution < -0.4 is 10.2 Å². The number of carbonyl (C=O) groups is 2. The Hall–Kier alpha value is -1.36. The molecule has 1 heterocycles. The van der Waals surface area contributed by atoms with Gasteiger partial charge in [0.1, 0.15) is 0 Å². The van der Waals surface area contributed by atoms with Crippen molar-refractivity contribution < 1.29 is 9.59 Å². The van der Waals surface area contributed by atoms with Gasteiger partial charge < -0.3 is 0 Å². The molecule has 1 saturated heterocycles. The third-order valence-corrected chi connectivity index (χ3v) is 3.44. The van der Waals surface area contributed by atoms with Crippen LogP contribution in [0.25, 0.3) is 0 Å². The summed E-state index contributed by atoms with van der Waals surface area (Å²) in [5, 5.41) is 2.31. The van der Waals surface area contributed by atoms with E-state index in [2.05, 4.69) is 21.2 Å². The standard InChI is InChI=1S/C11H11BrN2O2/c1-7-8(12)3-2-4-9(7)14-6-5-10(15)13-11(14)16/h2-4H,5-6H2,1H3,(H,13,15,16). The van der Waals surface area contributed by atoms with Gasteiger partial charge in [0.25, 0.3) is 0 Å². The fraction of sp³-hybridized carbons (Fsp3) is 0.273. The summed E-state index contributed by atoms with van der Waals surface area (Å²) < 4.78 is 0.953. The lowest BCUT2D eigenvalue weighted by Crippen LogP contribution is -2.49. The number of anilines is 1. The van der Waals surface area contributed by atoms with Crippen molar-refractivity contribution in [1.29, 1.82) is 0 Å². The van der Waals surface area contributed by atoms with Crippen LogP contribution in [0.15, 0.2) is 22.7 Å². The number of imide groups is 1. The molecule has 0 bridgehead atoms. The van der Waals surface area contributed by atoms with Crippen molar-refractivity contribution in [1.82, 2.24) is 5.32 Å². The molecule has 0 saturated carbocycles. The predicted molar refractivity (Wildman–Crippen MR) is 64.4 cm³/mol. The van der Waals surface area contributed by atoms with Crippen molar-refractivity contribution in [2.45, 2.75) is 13.3 Å². The Kier molecular flexibility index (Phi) is 2.96. The van der Waals surface area contributed by atoms with Crippen molar-refractivity contribution in [3.63, 3.8) is 0 Å². The minimum atomic E-state index is -0.350. The molecule has 1 N–H and O–H groups in total. The Morgan fingerprint density at radius 2 is 2.12 bits per heavy atom. The molecule has 0 radical (unpaired) electrons. The number of amides is 3. The lowest BCUT2D eigenvalue weighted by atomic mass is 10.1. The zero-order valence-corrected chi connectivity index (χ0v) is 10.4. The molecule has 0 aromatic heterocycles. The van der Waals surface area contributed by atoms with Gasteiger partial charge in [0.05, 0.1) is 0 Å². The summed E-state index contributed by atoms with van der Waals surface area (Å²) in [5.41, 5.74) is 1.83. The molecule has 0 unspecified atom stereocenters. The number of nitrogens with zero attached hydrogens (tertiary/aromatic N) is 1. The molecule has 0 atom stereocenters. The molecule has 84 valence electrons. The van der Waals surface area contributed by atoms with Crippen LogP contribution in [0.5, 0.6) is 0 Å². The number of carbonyl (C=O) groups excluding carboxylic acids is 2. The molecular weight excluding hydrogens is 272 g/mol. The molecule has 1 aliphatic heterocycles. The molecule has 1 aromatic carbocycles. The highest BCUT2D eigenvalue weighted by molar-refractivity contribution is 9.10. The second-order valence-electron chi connectivity index (χ2n) is 3.64. The summed E-state index contributed by atoms with van der Waals surface area (Å²) in [5.74, 6) is -0.214. The Labute approximate surface area is 102 Å². The third kappa shape index (κ3) is 1.95. The molecule has 4 nitrogen and oxygen atoms in total. The maximum absolute atomic E-state index is 11.6. The van der Waals surface area contributed by atoms with Crippen LogP contribution in [0.4, 0.5) is 10.5 Å². The van der Waals surface area contributed by atoms with Gasteiger partial charge in [0, 0.05) is 23.1 Å². The molecule has 1 aliphatic rings. The lowest BCUT2D eigenvalue weighted by Gasteiger charge is -2.28. The van der Waals surface area contributed by atoms with E-state index in [1.807, 2.05) is 25.1 Å². The summed E-state index contributed by atoms with van der Waals surface area (Å²) in [6.45, 7) is 2.37. The summed E-state index contributed by atoms with van der Waals surface area (Å²) in [4.78, 5) is 24.3. The van der Waals surface area contributed by atoms with Crippen LogP contribution in [0.3, 0.4) is 0 Å². The molecule has 3 amide bonds. The SMILES string of the molecule is Cc1c(Br)cccc1N1CCC(=O)NC1=O. The minimum absolute atomic E-state index is 0.214. The van der Waals surface area contributed by atoms with Crippen LogP contribution in [0, 0.1) is 6.92 Å². The topological polar surface area (TPSA) is 49.4 Å². The zero-order valence-electron chi connectivity index (χ0n) is 8.79. The predicted octanol–water partition coefficient (Wildman–Crippen LogP) is 2.20. The maximum Gasteiger partial charge on any atom is 0.328 e. The first-order valence-corrected chi connectivity index (χ1v) is 5.75. The molecule has 16 heavy (non-hydrogen) atoms. The average Bonchev–Trinajstić information content (AvgIpc) is 2.23. The van der Waals surface area contributed by atoms with Crippen LogP contribution in [-0.2, 0) is 4.79 Å². The molecule has 0 aliphatic carbocycles. The molecular formula is C11H11BrN2O2. The number of halogens is 1. The van der Waals surface area contributed by atoms with E-state index in [-0.39, 0.29) is 11.9 Å². The van der Waals surface area contributed by atoms with Crippen LogP contribution >= 0.6 is 15.9 Å². The van der Waals surface area contributed by atoms with E-state index in [1.54, 1.807) is 4.90 Å². The van der Waals surface area contributed by atoms with E-state index in [0.29, 0.717) is 13.0 Å². The fourth-order valence-electron chi connectivity index (χ4n) is 1.68. The number of hydrogen-bond donors (Lipinski definition) is 1. The number of nitrogens with one attached hydrogen (secondary N) is 1. The first kappa shape index (κ1) is 11.1. The highest BCUT2D eigenvalue weighted by atomic mass is 79.9. The van der Waals surface area contributed by atoms with Crippen molar-refractivity contribution >= 4 is 33.6 Å². The summed E-state index contributed by atoms with van der Waals surface area (Å²) in [6, 6.07) is 5.31. The van der Waals surface area contributed by atoms with E-state index in [9.17, 15) is 9.59 Å². The number of hydrogen-bond acceptors (Lipinski definition) is 2. The van der Waals surface area contributed by atoms with Crippen molar-refractivity contribution in [3.8, 4) is 0 Å². The Morgan fingerprint density at radius 3 is 2.81 bits per heavy atom. The van der Waals surface area contributed by atoms with Crippen LogP contribution in [0.2, 0.25) is 0 Å². The second-order valence-corrected chi connectivity index (χ2v) is 4.49. The van der Waals surface area contributed by atoms with Crippen molar-refractivity contribution in [2.75, 3.05) is 11.4 Å². The molecule has 1 aromatic rings.